The molecule has 10 nitrogen and oxygen atoms in total. The van der Waals surface area contributed by atoms with Gasteiger partial charge in [0.2, 0.25) is 0 Å². The fourth-order valence-corrected chi connectivity index (χ4v) is 8.00. The van der Waals surface area contributed by atoms with E-state index in [0.29, 0.717) is 36.9 Å². The first-order valence-electron chi connectivity index (χ1n) is 15.3. The second-order valence-electron chi connectivity index (χ2n) is 11.6. The SMILES string of the molecule is COC(=O)c1nc(N2CCCc3c2nnc(Nc2nc4ccccc4s2)c3C)sc1CCCOc1cc2c(cc1F)CCN(C)C2. The Bertz CT molecular complexity index is 1890. The van der Waals surface area contributed by atoms with Gasteiger partial charge in [-0.25, -0.2) is 19.2 Å². The molecule has 0 saturated heterocycles. The molecule has 0 fully saturated rings. The highest BCUT2D eigenvalue weighted by Gasteiger charge is 2.29. The normalized spacial score (nSPS) is 14.7. The lowest BCUT2D eigenvalue weighted by atomic mass is 9.99. The van der Waals surface area contributed by atoms with E-state index in [1.807, 2.05) is 42.2 Å². The van der Waals surface area contributed by atoms with Gasteiger partial charge in [0.05, 0.1) is 23.9 Å². The number of nitrogens with zero attached hydrogens (tertiary/aromatic N) is 6. The number of halogens is 1. The third-order valence-electron chi connectivity index (χ3n) is 8.46. The summed E-state index contributed by atoms with van der Waals surface area (Å²) in [7, 11) is 3.42. The Kier molecular flexibility index (Phi) is 8.54. The molecule has 0 saturated carbocycles. The largest absolute Gasteiger partial charge is 0.490 e. The molecule has 238 valence electrons. The van der Waals surface area contributed by atoms with Crippen molar-refractivity contribution >= 4 is 60.8 Å². The van der Waals surface area contributed by atoms with E-state index >= 15 is 0 Å². The van der Waals surface area contributed by atoms with Gasteiger partial charge >= 0.3 is 5.97 Å². The van der Waals surface area contributed by atoms with Crippen molar-refractivity contribution in [2.45, 2.75) is 45.6 Å². The number of fused-ring (bicyclic) bond motifs is 3. The van der Waals surface area contributed by atoms with Gasteiger partial charge in [0.1, 0.15) is 0 Å². The minimum atomic E-state index is -0.488. The molecule has 5 aromatic rings. The summed E-state index contributed by atoms with van der Waals surface area (Å²) in [5.74, 6) is 0.864. The number of aromatic nitrogens is 4. The molecule has 0 radical (unpaired) electrons. The lowest BCUT2D eigenvalue weighted by Gasteiger charge is -2.28. The number of hydrogen-bond acceptors (Lipinski definition) is 12. The molecule has 0 bridgehead atoms. The van der Waals surface area contributed by atoms with Crippen molar-refractivity contribution in [2.75, 3.05) is 44.1 Å². The Morgan fingerprint density at radius 1 is 1.09 bits per heavy atom. The molecule has 0 amide bonds. The number of aryl methyl sites for hydroxylation is 1. The van der Waals surface area contributed by atoms with Crippen LogP contribution in [0.1, 0.15) is 50.5 Å². The highest BCUT2D eigenvalue weighted by Crippen LogP contribution is 2.39. The summed E-state index contributed by atoms with van der Waals surface area (Å²) in [6.45, 7) is 4.76. The van der Waals surface area contributed by atoms with E-state index in [-0.39, 0.29) is 17.3 Å². The zero-order valence-corrected chi connectivity index (χ0v) is 27.6. The number of hydrogen-bond donors (Lipinski definition) is 1. The standard InChI is InChI=1S/C33H34FN7O3S2/c1-19-22-8-6-13-41(30(22)39-38-29(19)37-32-35-24-9-4-5-10-26(24)45-32)33-36-28(31(42)43-3)27(46-33)11-7-15-44-25-17-21-18-40(2)14-12-20(21)16-23(25)34/h4-5,9-10,16-17H,6-8,11-15,18H2,1-3H3,(H,35,37,38). The number of rotatable bonds is 9. The van der Waals surface area contributed by atoms with E-state index in [4.69, 9.17) is 14.5 Å². The van der Waals surface area contributed by atoms with Crippen LogP contribution in [0, 0.1) is 12.7 Å². The molecular formula is C33H34FN7O3S2. The summed E-state index contributed by atoms with van der Waals surface area (Å²) >= 11 is 3.02. The Labute approximate surface area is 274 Å². The predicted octanol–water partition coefficient (Wildman–Crippen LogP) is 6.60. The number of esters is 1. The van der Waals surface area contributed by atoms with E-state index in [1.54, 1.807) is 17.4 Å². The number of carbonyl (C=O) groups is 1. The van der Waals surface area contributed by atoms with Crippen molar-refractivity contribution in [1.82, 2.24) is 25.1 Å². The molecule has 0 aliphatic carbocycles. The van der Waals surface area contributed by atoms with Crippen LogP contribution < -0.4 is 15.0 Å². The maximum absolute atomic E-state index is 14.7. The Morgan fingerprint density at radius 2 is 1.96 bits per heavy atom. The zero-order valence-electron chi connectivity index (χ0n) is 25.9. The van der Waals surface area contributed by atoms with Crippen molar-refractivity contribution in [1.29, 1.82) is 0 Å². The van der Waals surface area contributed by atoms with E-state index in [0.717, 1.165) is 80.6 Å². The van der Waals surface area contributed by atoms with Crippen molar-refractivity contribution < 1.29 is 18.7 Å². The number of anilines is 4. The lowest BCUT2D eigenvalue weighted by molar-refractivity contribution is 0.0593. The number of methoxy groups -OCH3 is 1. The van der Waals surface area contributed by atoms with Gasteiger partial charge < -0.3 is 24.6 Å². The molecule has 0 unspecified atom stereocenters. The van der Waals surface area contributed by atoms with Crippen LogP contribution in [0.2, 0.25) is 0 Å². The zero-order chi connectivity index (χ0) is 31.8. The summed E-state index contributed by atoms with van der Waals surface area (Å²) < 4.78 is 26.8. The molecule has 3 aromatic heterocycles. The maximum Gasteiger partial charge on any atom is 0.357 e. The number of likely N-dealkylation sites (N-methyl/N-ethyl adjacent to an activating group) is 1. The molecule has 5 heterocycles. The highest BCUT2D eigenvalue weighted by molar-refractivity contribution is 7.22. The molecular weight excluding hydrogens is 626 g/mol. The van der Waals surface area contributed by atoms with Gasteiger partial charge in [-0.05, 0) is 81.5 Å². The fraction of sp³-hybridized carbons (Fsp3) is 0.364. The van der Waals surface area contributed by atoms with Gasteiger partial charge in [-0.1, -0.05) is 23.5 Å². The van der Waals surface area contributed by atoms with Crippen LogP contribution in [0.25, 0.3) is 10.2 Å². The van der Waals surface area contributed by atoms with Gasteiger partial charge in [-0.15, -0.1) is 21.5 Å². The fourth-order valence-electron chi connectivity index (χ4n) is 6.01. The third-order valence-corrected chi connectivity index (χ3v) is 10.6. The minimum absolute atomic E-state index is 0.267. The molecule has 2 aliphatic heterocycles. The van der Waals surface area contributed by atoms with Gasteiger partial charge in [0.15, 0.2) is 39.2 Å². The summed E-state index contributed by atoms with van der Waals surface area (Å²) in [5.41, 5.74) is 5.48. The molecule has 7 rings (SSSR count). The van der Waals surface area contributed by atoms with E-state index in [9.17, 15) is 9.18 Å². The van der Waals surface area contributed by atoms with Gasteiger partial charge in [-0.2, -0.15) is 0 Å². The number of para-hydroxylation sites is 1. The first-order chi connectivity index (χ1) is 22.4. The number of carbonyl (C=O) groups excluding carboxylic acids is 1. The van der Waals surface area contributed by atoms with E-state index < -0.39 is 5.97 Å². The number of ether oxygens (including phenoxy) is 2. The molecule has 46 heavy (non-hydrogen) atoms. The number of nitrogens with one attached hydrogen (secondary N) is 1. The van der Waals surface area contributed by atoms with Crippen LogP contribution in [-0.2, 0) is 30.5 Å². The maximum atomic E-state index is 14.7. The summed E-state index contributed by atoms with van der Waals surface area (Å²) in [4.78, 5) is 27.2. The first kappa shape index (κ1) is 30.5. The van der Waals surface area contributed by atoms with Crippen LogP contribution in [0.5, 0.6) is 5.75 Å². The van der Waals surface area contributed by atoms with E-state index in [1.165, 1.54) is 18.4 Å². The Hall–Kier alpha value is -4.20. The Balaban J connectivity index is 1.07. The molecule has 0 atom stereocenters. The van der Waals surface area contributed by atoms with Crippen LogP contribution in [0.4, 0.5) is 26.3 Å². The molecule has 0 spiro atoms. The lowest BCUT2D eigenvalue weighted by Crippen LogP contribution is -2.27. The minimum Gasteiger partial charge on any atom is -0.490 e. The second kappa shape index (κ2) is 12.9. The number of benzene rings is 2. The summed E-state index contributed by atoms with van der Waals surface area (Å²) in [6, 6.07) is 11.4. The quantitative estimate of drug-likeness (QED) is 0.137. The van der Waals surface area contributed by atoms with Crippen molar-refractivity contribution in [3.63, 3.8) is 0 Å². The summed E-state index contributed by atoms with van der Waals surface area (Å²) in [5, 5.41) is 14.0. The monoisotopic (exact) mass is 659 g/mol. The van der Waals surface area contributed by atoms with Gasteiger partial charge in [0.25, 0.3) is 0 Å². The van der Waals surface area contributed by atoms with Crippen LogP contribution in [-0.4, -0.2) is 64.9 Å². The topological polar surface area (TPSA) is 106 Å². The van der Waals surface area contributed by atoms with Crippen molar-refractivity contribution in [2.24, 2.45) is 0 Å². The first-order valence-corrected chi connectivity index (χ1v) is 17.0. The molecule has 2 aromatic carbocycles. The third kappa shape index (κ3) is 6.02. The van der Waals surface area contributed by atoms with Crippen LogP contribution in [0.3, 0.4) is 0 Å². The van der Waals surface area contributed by atoms with Gasteiger partial charge in [-0.3, -0.25) is 0 Å². The van der Waals surface area contributed by atoms with Crippen LogP contribution >= 0.6 is 22.7 Å². The summed E-state index contributed by atoms with van der Waals surface area (Å²) in [6.07, 6.45) is 3.71. The average molecular weight is 660 g/mol. The predicted molar refractivity (Wildman–Crippen MR) is 179 cm³/mol. The van der Waals surface area contributed by atoms with E-state index in [2.05, 4.69) is 32.4 Å². The average Bonchev–Trinajstić information content (AvgIpc) is 3.68. The molecule has 13 heteroatoms. The smallest absolute Gasteiger partial charge is 0.357 e. The molecule has 1 N–H and O–H groups in total. The second-order valence-corrected chi connectivity index (χ2v) is 13.7. The van der Waals surface area contributed by atoms with Gasteiger partial charge in [0, 0.05) is 35.6 Å². The van der Waals surface area contributed by atoms with Crippen molar-refractivity contribution in [3.8, 4) is 5.75 Å². The molecule has 2 aliphatic rings. The van der Waals surface area contributed by atoms with Crippen LogP contribution in [0.15, 0.2) is 36.4 Å². The number of thiazole rings is 2. The Morgan fingerprint density at radius 3 is 2.80 bits per heavy atom. The van der Waals surface area contributed by atoms with Crippen molar-refractivity contribution in [3.05, 3.63) is 75.0 Å². The highest BCUT2D eigenvalue weighted by atomic mass is 32.1.